The molecule has 0 aromatic rings. The number of hydrazine groups is 1. The fourth-order valence-corrected chi connectivity index (χ4v) is 8.66. The quantitative estimate of drug-likeness (QED) is 0.340. The average molecular weight is 445 g/mol. The molecule has 0 aromatic carbocycles. The lowest BCUT2D eigenvalue weighted by atomic mass is 9.43. The Labute approximate surface area is 193 Å². The van der Waals surface area contributed by atoms with Crippen LogP contribution in [0, 0.1) is 34.5 Å². The molecule has 1 heterocycles. The lowest BCUT2D eigenvalue weighted by molar-refractivity contribution is -0.207. The lowest BCUT2D eigenvalue weighted by Gasteiger charge is -2.63. The Morgan fingerprint density at radius 1 is 1.12 bits per heavy atom. The van der Waals surface area contributed by atoms with E-state index in [1.165, 1.54) is 18.4 Å². The molecule has 6 heteroatoms. The third-order valence-corrected chi connectivity index (χ3v) is 10.6. The van der Waals surface area contributed by atoms with Crippen molar-refractivity contribution >= 4 is 5.96 Å². The summed E-state index contributed by atoms with van der Waals surface area (Å²) >= 11 is 0. The maximum absolute atomic E-state index is 12.3. The van der Waals surface area contributed by atoms with Crippen LogP contribution in [-0.2, 0) is 0 Å². The van der Waals surface area contributed by atoms with E-state index in [-0.39, 0.29) is 11.5 Å². The van der Waals surface area contributed by atoms with E-state index in [2.05, 4.69) is 48.0 Å². The Morgan fingerprint density at radius 2 is 1.97 bits per heavy atom. The van der Waals surface area contributed by atoms with Gasteiger partial charge in [0.2, 0.25) is 5.96 Å². The molecule has 0 unspecified atom stereocenters. The standard InChI is InChI=1S/C26H44N4O2/c1-17(16-29-30-23-27-12-13-28-23)14-19-6-11-26(32)22-5-4-18-15-20(31)7-9-24(18,2)21(22)8-10-25(19,26)3/h14,18-22,29,31-32H,4-13,15-16H2,1-3H3,(H2,27,28,30)/b17-14+/t18-,19-,20+,21+,22-,24+,25-,26+/m1/s1. The number of guanidine groups is 1. The smallest absolute Gasteiger partial charge is 0.206 e. The Hall–Kier alpha value is -1.11. The van der Waals surface area contributed by atoms with Gasteiger partial charge in [-0.3, -0.25) is 10.4 Å². The minimum atomic E-state index is -0.546. The summed E-state index contributed by atoms with van der Waals surface area (Å²) in [5, 5.41) is 25.8. The molecular formula is C26H44N4O2. The van der Waals surface area contributed by atoms with Crippen LogP contribution in [0.5, 0.6) is 0 Å². The summed E-state index contributed by atoms with van der Waals surface area (Å²) in [4.78, 5) is 4.35. The van der Waals surface area contributed by atoms with Gasteiger partial charge < -0.3 is 15.5 Å². The number of allylic oxidation sites excluding steroid dienone is 1. The van der Waals surface area contributed by atoms with Crippen LogP contribution in [0.15, 0.2) is 16.6 Å². The summed E-state index contributed by atoms with van der Waals surface area (Å²) in [6.07, 6.45) is 12.1. The van der Waals surface area contributed by atoms with Crippen LogP contribution in [0.2, 0.25) is 0 Å². The highest BCUT2D eigenvalue weighted by Gasteiger charge is 2.66. The molecule has 1 aliphatic heterocycles. The Morgan fingerprint density at radius 3 is 2.75 bits per heavy atom. The van der Waals surface area contributed by atoms with Gasteiger partial charge >= 0.3 is 0 Å². The number of aliphatic hydroxyl groups is 2. The van der Waals surface area contributed by atoms with Crippen molar-refractivity contribution in [3.8, 4) is 0 Å². The van der Waals surface area contributed by atoms with Crippen molar-refractivity contribution < 1.29 is 10.2 Å². The second-order valence-corrected chi connectivity index (χ2v) is 12.1. The summed E-state index contributed by atoms with van der Waals surface area (Å²) in [5.74, 6) is 2.94. The molecule has 32 heavy (non-hydrogen) atoms. The van der Waals surface area contributed by atoms with Gasteiger partial charge in [-0.1, -0.05) is 25.5 Å². The zero-order valence-corrected chi connectivity index (χ0v) is 20.3. The first-order valence-electron chi connectivity index (χ1n) is 13.1. The van der Waals surface area contributed by atoms with Gasteiger partial charge in [0, 0.05) is 18.5 Å². The van der Waals surface area contributed by atoms with Crippen LogP contribution in [-0.4, -0.2) is 47.5 Å². The second kappa shape index (κ2) is 8.28. The Balaban J connectivity index is 1.29. The molecule has 4 saturated carbocycles. The number of aliphatic hydroxyl groups excluding tert-OH is 1. The first-order chi connectivity index (χ1) is 15.3. The molecule has 4 aliphatic carbocycles. The average Bonchev–Trinajstić information content (AvgIpc) is 3.36. The molecule has 5 N–H and O–H groups in total. The van der Waals surface area contributed by atoms with Crippen LogP contribution in [0.25, 0.3) is 0 Å². The predicted octanol–water partition coefficient (Wildman–Crippen LogP) is 3.12. The number of hydrogen-bond donors (Lipinski definition) is 5. The van der Waals surface area contributed by atoms with Crippen molar-refractivity contribution in [1.82, 2.24) is 16.2 Å². The van der Waals surface area contributed by atoms with E-state index >= 15 is 0 Å². The van der Waals surface area contributed by atoms with E-state index in [4.69, 9.17) is 0 Å². The van der Waals surface area contributed by atoms with Gasteiger partial charge in [-0.25, -0.2) is 5.43 Å². The summed E-state index contributed by atoms with van der Waals surface area (Å²) in [7, 11) is 0. The SMILES string of the molecule is C/C(=C\[C@H]1CC[C@]2(O)[C@@H]3CC[C@@H]4C[C@@H](O)CC[C@]4(C)[C@H]3CC[C@]12C)CNNC1=NCCN1. The van der Waals surface area contributed by atoms with Crippen LogP contribution < -0.4 is 16.2 Å². The van der Waals surface area contributed by atoms with Crippen molar-refractivity contribution in [3.05, 3.63) is 11.6 Å². The predicted molar refractivity (Wildman–Crippen MR) is 128 cm³/mol. The molecule has 5 aliphatic rings. The van der Waals surface area contributed by atoms with Crippen molar-refractivity contribution in [2.75, 3.05) is 19.6 Å². The van der Waals surface area contributed by atoms with Crippen LogP contribution in [0.4, 0.5) is 0 Å². The maximum Gasteiger partial charge on any atom is 0.206 e. The minimum Gasteiger partial charge on any atom is -0.393 e. The minimum absolute atomic E-state index is 0.0304. The molecule has 5 rings (SSSR count). The molecular weight excluding hydrogens is 400 g/mol. The van der Waals surface area contributed by atoms with Crippen LogP contribution in [0.1, 0.15) is 78.6 Å². The fourth-order valence-electron chi connectivity index (χ4n) is 8.66. The molecule has 0 saturated heterocycles. The Bertz CT molecular complexity index is 784. The number of nitrogens with one attached hydrogen (secondary N) is 3. The van der Waals surface area contributed by atoms with Gasteiger partial charge in [0.1, 0.15) is 0 Å². The van der Waals surface area contributed by atoms with Gasteiger partial charge in [0.25, 0.3) is 0 Å². The third kappa shape index (κ3) is 3.52. The highest BCUT2D eigenvalue weighted by molar-refractivity contribution is 5.80. The van der Waals surface area contributed by atoms with Gasteiger partial charge in [-0.15, -0.1) is 0 Å². The van der Waals surface area contributed by atoms with E-state index < -0.39 is 5.60 Å². The van der Waals surface area contributed by atoms with Crippen LogP contribution >= 0.6 is 0 Å². The van der Waals surface area contributed by atoms with Gasteiger partial charge in [-0.05, 0) is 93.8 Å². The first-order valence-corrected chi connectivity index (χ1v) is 13.1. The lowest BCUT2D eigenvalue weighted by Crippen LogP contribution is -2.62. The fraction of sp³-hybridized carbons (Fsp3) is 0.885. The highest BCUT2D eigenvalue weighted by Crippen LogP contribution is 2.69. The second-order valence-electron chi connectivity index (χ2n) is 12.1. The van der Waals surface area contributed by atoms with Gasteiger partial charge in [0.15, 0.2) is 0 Å². The number of aliphatic imine (C=N–C) groups is 1. The van der Waals surface area contributed by atoms with E-state index in [1.807, 2.05) is 0 Å². The zero-order valence-electron chi connectivity index (χ0n) is 20.3. The topological polar surface area (TPSA) is 88.9 Å². The Kier molecular flexibility index (Phi) is 5.87. The van der Waals surface area contributed by atoms with Gasteiger partial charge in [-0.2, -0.15) is 0 Å². The van der Waals surface area contributed by atoms with Gasteiger partial charge in [0.05, 0.1) is 18.2 Å². The largest absolute Gasteiger partial charge is 0.393 e. The highest BCUT2D eigenvalue weighted by atomic mass is 16.3. The van der Waals surface area contributed by atoms with E-state index in [0.717, 1.165) is 70.5 Å². The normalized spacial score (nSPS) is 48.3. The monoisotopic (exact) mass is 444 g/mol. The van der Waals surface area contributed by atoms with Crippen molar-refractivity contribution in [2.45, 2.75) is 90.3 Å². The maximum atomic E-state index is 12.3. The number of hydrogen-bond acceptors (Lipinski definition) is 6. The number of fused-ring (bicyclic) bond motifs is 5. The molecule has 180 valence electrons. The summed E-state index contributed by atoms with van der Waals surface area (Å²) in [5.41, 5.74) is 7.50. The van der Waals surface area contributed by atoms with E-state index in [9.17, 15) is 10.2 Å². The van der Waals surface area contributed by atoms with Crippen LogP contribution in [0.3, 0.4) is 0 Å². The number of rotatable bonds is 4. The third-order valence-electron chi connectivity index (χ3n) is 10.6. The zero-order chi connectivity index (χ0) is 22.6. The summed E-state index contributed by atoms with van der Waals surface area (Å²) < 4.78 is 0. The summed E-state index contributed by atoms with van der Waals surface area (Å²) in [6.45, 7) is 9.59. The molecule has 0 radical (unpaired) electrons. The van der Waals surface area contributed by atoms with Crippen molar-refractivity contribution in [3.63, 3.8) is 0 Å². The van der Waals surface area contributed by atoms with E-state index in [0.29, 0.717) is 29.1 Å². The summed E-state index contributed by atoms with van der Waals surface area (Å²) in [6, 6.07) is 0. The molecule has 0 spiro atoms. The molecule has 0 aromatic heterocycles. The number of nitrogens with zero attached hydrogens (tertiary/aromatic N) is 1. The van der Waals surface area contributed by atoms with Crippen molar-refractivity contribution in [2.24, 2.45) is 39.5 Å². The van der Waals surface area contributed by atoms with Crippen molar-refractivity contribution in [1.29, 1.82) is 0 Å². The van der Waals surface area contributed by atoms with E-state index in [1.54, 1.807) is 0 Å². The molecule has 6 nitrogen and oxygen atoms in total. The molecule has 8 atom stereocenters. The first kappa shape index (κ1) is 22.7. The molecule has 4 fully saturated rings. The molecule has 0 bridgehead atoms. The molecule has 0 amide bonds.